The van der Waals surface area contributed by atoms with E-state index in [0.29, 0.717) is 0 Å². The average Bonchev–Trinajstić information content (AvgIpc) is 2.21. The molecule has 0 aromatic rings. The zero-order valence-corrected chi connectivity index (χ0v) is 5.93. The molecule has 0 heterocycles. The van der Waals surface area contributed by atoms with Gasteiger partial charge >= 0.3 is 0 Å². The van der Waals surface area contributed by atoms with Gasteiger partial charge in [-0.05, 0) is 24.9 Å². The summed E-state index contributed by atoms with van der Waals surface area (Å²) >= 11 is 0. The van der Waals surface area contributed by atoms with Crippen LogP contribution in [0.15, 0.2) is 0 Å². The normalized spacial score (nSPS) is 23.5. The minimum Gasteiger partial charge on any atom is -0.114 e. The minimum absolute atomic E-state index is 1.12. The third kappa shape index (κ3) is 1.54. The van der Waals surface area contributed by atoms with E-state index in [9.17, 15) is 0 Å². The summed E-state index contributed by atoms with van der Waals surface area (Å²) in [4.78, 5) is 0. The van der Waals surface area contributed by atoms with E-state index >= 15 is 0 Å². The summed E-state index contributed by atoms with van der Waals surface area (Å²) in [6, 6.07) is 0. The molecule has 0 N–H and O–H groups in total. The van der Waals surface area contributed by atoms with Crippen LogP contribution < -0.4 is 0 Å². The van der Waals surface area contributed by atoms with Crippen molar-refractivity contribution in [3.63, 3.8) is 0 Å². The van der Waals surface area contributed by atoms with E-state index in [0.717, 1.165) is 14.2 Å². The summed E-state index contributed by atoms with van der Waals surface area (Å²) in [6.45, 7) is 0. The number of rotatable bonds is 2. The molecule has 36 valence electrons. The molecule has 0 aliphatic heterocycles. The minimum atomic E-state index is 1.12. The van der Waals surface area contributed by atoms with Crippen LogP contribution in [-0.2, 0) is 0 Å². The number of hydrogen-bond acceptors (Lipinski definition) is 0. The van der Waals surface area contributed by atoms with Crippen LogP contribution in [-0.4, -0.2) is 6.16 Å². The Morgan fingerprint density at radius 1 is 1.67 bits per heavy atom. The molecule has 2 unspecified atom stereocenters. The molecule has 2 heteroatoms. The zero-order chi connectivity index (χ0) is 4.41. The van der Waals surface area contributed by atoms with Crippen LogP contribution in [0.2, 0.25) is 0 Å². The summed E-state index contributed by atoms with van der Waals surface area (Å²) in [5.41, 5.74) is 0. The van der Waals surface area contributed by atoms with E-state index in [2.05, 4.69) is 8.93 Å². The first kappa shape index (κ1) is 5.01. The summed E-state index contributed by atoms with van der Waals surface area (Å²) in [6.07, 6.45) is 4.51. The number of hydrogen-bond donors (Lipinski definition) is 0. The Bertz CT molecular complexity index is 40.8. The van der Waals surface area contributed by atoms with Crippen molar-refractivity contribution in [3.05, 3.63) is 0 Å². The third-order valence-corrected chi connectivity index (χ3v) is 2.62. The van der Waals surface area contributed by atoms with E-state index in [1.807, 2.05) is 0 Å². The fraction of sp³-hybridized carbons (Fsp3) is 1.00. The Morgan fingerprint density at radius 3 is 2.50 bits per heavy atom. The van der Waals surface area contributed by atoms with Gasteiger partial charge in [0.1, 0.15) is 0 Å². The molecule has 0 nitrogen and oxygen atoms in total. The van der Waals surface area contributed by atoms with Crippen LogP contribution in [0.1, 0.15) is 12.8 Å². The largest absolute Gasteiger partial charge is 0.114 e. The highest BCUT2D eigenvalue weighted by Gasteiger charge is 2.18. The van der Waals surface area contributed by atoms with Gasteiger partial charge in [0.05, 0.1) is 0 Å². The van der Waals surface area contributed by atoms with Crippen LogP contribution in [0.5, 0.6) is 0 Å². The summed E-state index contributed by atoms with van der Waals surface area (Å²) in [5.74, 6) is 1.14. The fourth-order valence-corrected chi connectivity index (χ4v) is 2.23. The second-order valence-electron chi connectivity index (χ2n) is 1.85. The van der Waals surface area contributed by atoms with Crippen molar-refractivity contribution >= 4 is 17.2 Å². The SMILES string of the molecule is PPCC1CC1. The molecular weight excluding hydrogens is 110 g/mol. The van der Waals surface area contributed by atoms with Gasteiger partial charge in [-0.15, -0.1) is 17.2 Å². The molecule has 0 saturated heterocycles. The van der Waals surface area contributed by atoms with Crippen LogP contribution in [0.4, 0.5) is 0 Å². The molecule has 1 aliphatic rings. The smallest absolute Gasteiger partial charge is 0.0291 e. The fourth-order valence-electron chi connectivity index (χ4n) is 0.489. The van der Waals surface area contributed by atoms with Gasteiger partial charge in [0.2, 0.25) is 0 Å². The van der Waals surface area contributed by atoms with Gasteiger partial charge in [0, 0.05) is 0 Å². The van der Waals surface area contributed by atoms with Crippen molar-refractivity contribution in [1.29, 1.82) is 0 Å². The molecule has 1 fully saturated rings. The predicted octanol–water partition coefficient (Wildman–Crippen LogP) is 1.86. The first-order chi connectivity index (χ1) is 2.93. The van der Waals surface area contributed by atoms with Gasteiger partial charge in [0.15, 0.2) is 0 Å². The maximum Gasteiger partial charge on any atom is -0.0291 e. The van der Waals surface area contributed by atoms with Crippen LogP contribution in [0, 0.1) is 5.92 Å². The lowest BCUT2D eigenvalue weighted by molar-refractivity contribution is 1.00. The van der Waals surface area contributed by atoms with E-state index in [4.69, 9.17) is 0 Å². The lowest BCUT2D eigenvalue weighted by Gasteiger charge is -1.83. The molecule has 0 amide bonds. The van der Waals surface area contributed by atoms with Gasteiger partial charge in [-0.25, -0.2) is 0 Å². The maximum atomic E-state index is 2.79. The van der Waals surface area contributed by atoms with Crippen molar-refractivity contribution in [2.75, 3.05) is 6.16 Å². The van der Waals surface area contributed by atoms with Crippen LogP contribution >= 0.6 is 17.2 Å². The molecule has 1 rings (SSSR count). The molecular formula is C4H10P2. The lowest BCUT2D eigenvalue weighted by atomic mass is 10.5. The van der Waals surface area contributed by atoms with Gasteiger partial charge in [-0.2, -0.15) is 0 Å². The standard InChI is InChI=1S/C4H10P2/c5-6-3-4-1-2-4/h4,6H,1-3,5H2. The molecule has 0 aromatic carbocycles. The van der Waals surface area contributed by atoms with Crippen molar-refractivity contribution in [3.8, 4) is 0 Å². The lowest BCUT2D eigenvalue weighted by Crippen LogP contribution is -1.69. The summed E-state index contributed by atoms with van der Waals surface area (Å²) in [5, 5.41) is 0. The molecule has 0 radical (unpaired) electrons. The highest BCUT2D eigenvalue weighted by Crippen LogP contribution is 2.37. The third-order valence-electron chi connectivity index (χ3n) is 1.10. The zero-order valence-electron chi connectivity index (χ0n) is 3.78. The molecule has 1 saturated carbocycles. The van der Waals surface area contributed by atoms with E-state index in [1.165, 1.54) is 19.0 Å². The first-order valence-corrected chi connectivity index (χ1v) is 5.38. The van der Waals surface area contributed by atoms with Crippen molar-refractivity contribution in [2.24, 2.45) is 5.92 Å². The quantitative estimate of drug-likeness (QED) is 0.488. The van der Waals surface area contributed by atoms with Gasteiger partial charge in [0.25, 0.3) is 0 Å². The van der Waals surface area contributed by atoms with Gasteiger partial charge in [-0.3, -0.25) is 0 Å². The van der Waals surface area contributed by atoms with E-state index in [-0.39, 0.29) is 0 Å². The Balaban J connectivity index is 1.88. The maximum absolute atomic E-state index is 2.79. The van der Waals surface area contributed by atoms with Crippen molar-refractivity contribution in [2.45, 2.75) is 12.8 Å². The van der Waals surface area contributed by atoms with E-state index in [1.54, 1.807) is 0 Å². The Kier molecular flexibility index (Phi) is 1.87. The van der Waals surface area contributed by atoms with Gasteiger partial charge in [-0.1, -0.05) is 0 Å². The molecule has 2 atom stereocenters. The Morgan fingerprint density at radius 2 is 2.33 bits per heavy atom. The molecule has 1 aliphatic carbocycles. The van der Waals surface area contributed by atoms with Gasteiger partial charge < -0.3 is 0 Å². The summed E-state index contributed by atoms with van der Waals surface area (Å²) in [7, 11) is 3.91. The average molecular weight is 120 g/mol. The predicted molar refractivity (Wildman–Crippen MR) is 35.6 cm³/mol. The van der Waals surface area contributed by atoms with Crippen molar-refractivity contribution < 1.29 is 0 Å². The van der Waals surface area contributed by atoms with E-state index < -0.39 is 0 Å². The molecule has 0 bridgehead atoms. The Hall–Kier alpha value is 0.860. The Labute approximate surface area is 43.0 Å². The molecule has 0 spiro atoms. The monoisotopic (exact) mass is 120 g/mol. The topological polar surface area (TPSA) is 0 Å². The summed E-state index contributed by atoms with van der Waals surface area (Å²) < 4.78 is 0. The molecule has 6 heavy (non-hydrogen) atoms. The van der Waals surface area contributed by atoms with Crippen molar-refractivity contribution in [1.82, 2.24) is 0 Å². The highest BCUT2D eigenvalue weighted by molar-refractivity contribution is 8.02. The second-order valence-corrected chi connectivity index (χ2v) is 3.89. The highest BCUT2D eigenvalue weighted by atomic mass is 32.0. The second kappa shape index (κ2) is 2.24. The molecule has 0 aromatic heterocycles. The first-order valence-electron chi connectivity index (χ1n) is 2.37. The van der Waals surface area contributed by atoms with Crippen LogP contribution in [0.3, 0.4) is 0 Å². The van der Waals surface area contributed by atoms with Crippen LogP contribution in [0.25, 0.3) is 0 Å².